The second-order valence-corrected chi connectivity index (χ2v) is 7.07. The van der Waals surface area contributed by atoms with Gasteiger partial charge in [0.05, 0.1) is 6.42 Å². The summed E-state index contributed by atoms with van der Waals surface area (Å²) in [6, 6.07) is 4.05. The monoisotopic (exact) mass is 332 g/mol. The Hall–Kier alpha value is -1.66. The van der Waals surface area contributed by atoms with Gasteiger partial charge < -0.3 is 14.4 Å². The Balaban J connectivity index is 1.47. The van der Waals surface area contributed by atoms with Gasteiger partial charge in [0.15, 0.2) is 0 Å². The van der Waals surface area contributed by atoms with E-state index in [2.05, 4.69) is 14.5 Å². The van der Waals surface area contributed by atoms with Crippen LogP contribution in [0.15, 0.2) is 29.9 Å². The first-order valence-corrected chi connectivity index (χ1v) is 9.09. The lowest BCUT2D eigenvalue weighted by atomic mass is 10.3. The van der Waals surface area contributed by atoms with Gasteiger partial charge in [-0.25, -0.2) is 4.98 Å². The van der Waals surface area contributed by atoms with Crippen LogP contribution >= 0.6 is 11.3 Å². The van der Waals surface area contributed by atoms with E-state index in [0.29, 0.717) is 6.42 Å². The van der Waals surface area contributed by atoms with Crippen molar-refractivity contribution in [3.63, 3.8) is 0 Å². The van der Waals surface area contributed by atoms with Gasteiger partial charge in [0.25, 0.3) is 0 Å². The molecule has 23 heavy (non-hydrogen) atoms. The fraction of sp³-hybridized carbons (Fsp3) is 0.529. The first-order chi connectivity index (χ1) is 11.2. The van der Waals surface area contributed by atoms with E-state index in [4.69, 9.17) is 0 Å². The van der Waals surface area contributed by atoms with Gasteiger partial charge in [-0.3, -0.25) is 4.79 Å². The second-order valence-electron chi connectivity index (χ2n) is 6.04. The predicted octanol–water partition coefficient (Wildman–Crippen LogP) is 1.80. The fourth-order valence-electron chi connectivity index (χ4n) is 3.01. The third-order valence-electron chi connectivity index (χ3n) is 4.42. The van der Waals surface area contributed by atoms with Crippen molar-refractivity contribution >= 4 is 17.2 Å². The maximum Gasteiger partial charge on any atom is 0.227 e. The molecule has 2 aromatic rings. The molecule has 6 heteroatoms. The van der Waals surface area contributed by atoms with Crippen molar-refractivity contribution in [2.45, 2.75) is 19.3 Å². The van der Waals surface area contributed by atoms with E-state index < -0.39 is 0 Å². The highest BCUT2D eigenvalue weighted by molar-refractivity contribution is 7.10. The molecule has 5 nitrogen and oxygen atoms in total. The number of imidazole rings is 1. The minimum atomic E-state index is 0.262. The molecule has 0 spiro atoms. The van der Waals surface area contributed by atoms with E-state index in [1.165, 1.54) is 0 Å². The van der Waals surface area contributed by atoms with Crippen LogP contribution in [0.3, 0.4) is 0 Å². The highest BCUT2D eigenvalue weighted by Gasteiger charge is 2.19. The summed E-state index contributed by atoms with van der Waals surface area (Å²) in [4.78, 5) is 22.4. The van der Waals surface area contributed by atoms with E-state index in [0.717, 1.165) is 56.3 Å². The largest absolute Gasteiger partial charge is 0.341 e. The van der Waals surface area contributed by atoms with Crippen LogP contribution in [0.1, 0.15) is 17.1 Å². The molecular weight excluding hydrogens is 308 g/mol. The second kappa shape index (κ2) is 7.75. The van der Waals surface area contributed by atoms with Crippen LogP contribution in [0.2, 0.25) is 0 Å². The minimum Gasteiger partial charge on any atom is -0.341 e. The normalized spacial score (nSPS) is 16.5. The number of nitrogens with zero attached hydrogens (tertiary/aromatic N) is 4. The lowest BCUT2D eigenvalue weighted by Gasteiger charge is -2.21. The number of hydrogen-bond acceptors (Lipinski definition) is 4. The molecule has 1 aliphatic rings. The molecule has 1 fully saturated rings. The van der Waals surface area contributed by atoms with Crippen LogP contribution in [0.5, 0.6) is 0 Å². The number of aryl methyl sites for hydroxylation is 1. The predicted molar refractivity (Wildman–Crippen MR) is 92.6 cm³/mol. The minimum absolute atomic E-state index is 0.262. The number of rotatable bonds is 5. The molecule has 1 saturated heterocycles. The van der Waals surface area contributed by atoms with Gasteiger partial charge in [0.2, 0.25) is 5.91 Å². The molecule has 0 radical (unpaired) electrons. The Labute approximate surface area is 141 Å². The molecule has 0 aromatic carbocycles. The van der Waals surface area contributed by atoms with Gasteiger partial charge in [-0.05, 0) is 24.4 Å². The van der Waals surface area contributed by atoms with E-state index in [1.807, 2.05) is 41.9 Å². The summed E-state index contributed by atoms with van der Waals surface area (Å²) in [7, 11) is 2.04. The Morgan fingerprint density at radius 1 is 1.30 bits per heavy atom. The molecule has 0 saturated carbocycles. The van der Waals surface area contributed by atoms with Gasteiger partial charge in [-0.2, -0.15) is 0 Å². The van der Waals surface area contributed by atoms with Crippen molar-refractivity contribution in [3.05, 3.63) is 40.6 Å². The maximum absolute atomic E-state index is 12.4. The van der Waals surface area contributed by atoms with Crippen molar-refractivity contribution in [2.75, 3.05) is 32.7 Å². The Morgan fingerprint density at radius 2 is 2.22 bits per heavy atom. The summed E-state index contributed by atoms with van der Waals surface area (Å²) in [5, 5.41) is 2.03. The summed E-state index contributed by atoms with van der Waals surface area (Å²) in [6.45, 7) is 4.75. The summed E-state index contributed by atoms with van der Waals surface area (Å²) < 4.78 is 2.08. The maximum atomic E-state index is 12.4. The molecular formula is C17H24N4OS. The molecule has 1 amide bonds. The van der Waals surface area contributed by atoms with Gasteiger partial charge in [-0.15, -0.1) is 11.3 Å². The van der Waals surface area contributed by atoms with Crippen molar-refractivity contribution in [1.29, 1.82) is 0 Å². The van der Waals surface area contributed by atoms with Crippen molar-refractivity contribution in [3.8, 4) is 0 Å². The van der Waals surface area contributed by atoms with Crippen molar-refractivity contribution in [1.82, 2.24) is 19.4 Å². The summed E-state index contributed by atoms with van der Waals surface area (Å²) in [5.74, 6) is 1.39. The quantitative estimate of drug-likeness (QED) is 0.838. The van der Waals surface area contributed by atoms with Crippen LogP contribution in [-0.2, 0) is 24.7 Å². The molecule has 2 aromatic heterocycles. The Kier molecular flexibility index (Phi) is 5.46. The number of carbonyl (C=O) groups is 1. The van der Waals surface area contributed by atoms with Gasteiger partial charge >= 0.3 is 0 Å². The SMILES string of the molecule is Cn1ccnc1CCN1CCCN(C(=O)Cc2cccs2)CC1. The highest BCUT2D eigenvalue weighted by atomic mass is 32.1. The summed E-state index contributed by atoms with van der Waals surface area (Å²) >= 11 is 1.66. The van der Waals surface area contributed by atoms with Gasteiger partial charge in [-0.1, -0.05) is 6.07 Å². The van der Waals surface area contributed by atoms with Crippen molar-refractivity contribution < 1.29 is 4.79 Å². The zero-order chi connectivity index (χ0) is 16.1. The van der Waals surface area contributed by atoms with Crippen LogP contribution in [0, 0.1) is 0 Å². The van der Waals surface area contributed by atoms with E-state index in [9.17, 15) is 4.79 Å². The van der Waals surface area contributed by atoms with E-state index in [1.54, 1.807) is 11.3 Å². The molecule has 0 bridgehead atoms. The number of carbonyl (C=O) groups excluding carboxylic acids is 1. The van der Waals surface area contributed by atoms with Crippen LogP contribution < -0.4 is 0 Å². The van der Waals surface area contributed by atoms with Crippen LogP contribution in [0.4, 0.5) is 0 Å². The molecule has 1 aliphatic heterocycles. The average molecular weight is 332 g/mol. The summed E-state index contributed by atoms with van der Waals surface area (Å²) in [6.07, 6.45) is 6.40. The molecule has 0 unspecified atom stereocenters. The average Bonchev–Trinajstić information content (AvgIpc) is 3.12. The highest BCUT2D eigenvalue weighted by Crippen LogP contribution is 2.12. The zero-order valence-corrected chi connectivity index (χ0v) is 14.5. The molecule has 124 valence electrons. The first kappa shape index (κ1) is 16.2. The van der Waals surface area contributed by atoms with Crippen LogP contribution in [-0.4, -0.2) is 58.0 Å². The molecule has 3 rings (SSSR count). The Morgan fingerprint density at radius 3 is 2.96 bits per heavy atom. The third kappa shape index (κ3) is 4.42. The Bertz CT molecular complexity index is 622. The van der Waals surface area contributed by atoms with Crippen molar-refractivity contribution in [2.24, 2.45) is 7.05 Å². The van der Waals surface area contributed by atoms with Gasteiger partial charge in [0, 0.05) is 56.9 Å². The number of amides is 1. The molecule has 0 atom stereocenters. The summed E-state index contributed by atoms with van der Waals surface area (Å²) in [5.41, 5.74) is 0. The smallest absolute Gasteiger partial charge is 0.227 e. The van der Waals surface area contributed by atoms with Gasteiger partial charge in [0.1, 0.15) is 5.82 Å². The van der Waals surface area contributed by atoms with E-state index in [-0.39, 0.29) is 5.91 Å². The lowest BCUT2D eigenvalue weighted by Crippen LogP contribution is -2.36. The van der Waals surface area contributed by atoms with Crippen LogP contribution in [0.25, 0.3) is 0 Å². The molecule has 0 aliphatic carbocycles. The first-order valence-electron chi connectivity index (χ1n) is 8.21. The molecule has 0 N–H and O–H groups in total. The standard InChI is InChI=1S/C17H24N4OS/c1-19-10-6-18-16(19)5-9-20-7-3-8-21(12-11-20)17(22)14-15-4-2-13-23-15/h2,4,6,10,13H,3,5,7-9,11-12,14H2,1H3. The zero-order valence-electron chi connectivity index (χ0n) is 13.6. The third-order valence-corrected chi connectivity index (χ3v) is 5.30. The van der Waals surface area contributed by atoms with E-state index >= 15 is 0 Å². The topological polar surface area (TPSA) is 41.4 Å². The number of hydrogen-bond donors (Lipinski definition) is 0. The molecule has 3 heterocycles. The fourth-order valence-corrected chi connectivity index (χ4v) is 3.71. The number of thiophene rings is 1. The number of aromatic nitrogens is 2. The lowest BCUT2D eigenvalue weighted by molar-refractivity contribution is -0.130.